The highest BCUT2D eigenvalue weighted by Crippen LogP contribution is 2.25. The van der Waals surface area contributed by atoms with Crippen molar-refractivity contribution in [1.82, 2.24) is 19.7 Å². The van der Waals surface area contributed by atoms with Gasteiger partial charge in [-0.15, -0.1) is 0 Å². The molecule has 0 radical (unpaired) electrons. The van der Waals surface area contributed by atoms with Crippen LogP contribution in [-0.2, 0) is 10.3 Å². The fourth-order valence-corrected chi connectivity index (χ4v) is 3.27. The summed E-state index contributed by atoms with van der Waals surface area (Å²) in [7, 11) is 0. The van der Waals surface area contributed by atoms with Crippen molar-refractivity contribution >= 4 is 17.0 Å². The lowest BCUT2D eigenvalue weighted by Gasteiger charge is -2.33. The van der Waals surface area contributed by atoms with E-state index in [0.29, 0.717) is 36.7 Å². The number of nitrogens with zero attached hydrogens (tertiary/aromatic N) is 4. The maximum Gasteiger partial charge on any atom is 0.263 e. The van der Waals surface area contributed by atoms with Gasteiger partial charge in [-0.3, -0.25) is 9.78 Å². The zero-order valence-corrected chi connectivity index (χ0v) is 15.6. The van der Waals surface area contributed by atoms with Crippen LogP contribution in [0.15, 0.2) is 35.3 Å². The summed E-state index contributed by atoms with van der Waals surface area (Å²) in [5.74, 6) is 0.215. The van der Waals surface area contributed by atoms with Gasteiger partial charge in [0.25, 0.3) is 5.56 Å². The minimum Gasteiger partial charge on any atom is -0.370 e. The first-order chi connectivity index (χ1) is 12.8. The Kier molecular flexibility index (Phi) is 4.22. The Hall–Kier alpha value is -2.74. The SMILES string of the molecule is CC(C)(C)n1ncc2c(=O)[nH]c(N3CCOC(c4ccc(F)cc4)C3)nc21. The number of H-pyrrole nitrogens is 1. The van der Waals surface area contributed by atoms with Crippen LogP contribution in [0.3, 0.4) is 0 Å². The van der Waals surface area contributed by atoms with Crippen LogP contribution in [0.2, 0.25) is 0 Å². The van der Waals surface area contributed by atoms with Crippen LogP contribution in [0, 0.1) is 5.82 Å². The van der Waals surface area contributed by atoms with E-state index in [4.69, 9.17) is 4.74 Å². The van der Waals surface area contributed by atoms with E-state index in [-0.39, 0.29) is 23.0 Å². The lowest BCUT2D eigenvalue weighted by Crippen LogP contribution is -2.40. The van der Waals surface area contributed by atoms with Gasteiger partial charge >= 0.3 is 0 Å². The van der Waals surface area contributed by atoms with E-state index in [1.807, 2.05) is 25.7 Å². The Morgan fingerprint density at radius 2 is 2.00 bits per heavy atom. The smallest absolute Gasteiger partial charge is 0.263 e. The largest absolute Gasteiger partial charge is 0.370 e. The molecule has 1 fully saturated rings. The number of halogens is 1. The fraction of sp³-hybridized carbons (Fsp3) is 0.421. The van der Waals surface area contributed by atoms with Crippen molar-refractivity contribution < 1.29 is 9.13 Å². The number of morpholine rings is 1. The molecule has 0 saturated carbocycles. The van der Waals surface area contributed by atoms with Gasteiger partial charge in [-0.25, -0.2) is 9.07 Å². The van der Waals surface area contributed by atoms with Gasteiger partial charge in [0.05, 0.1) is 24.9 Å². The minimum atomic E-state index is -0.290. The highest BCUT2D eigenvalue weighted by Gasteiger charge is 2.26. The molecule has 1 aromatic carbocycles. The van der Waals surface area contributed by atoms with Crippen molar-refractivity contribution in [2.45, 2.75) is 32.4 Å². The number of nitrogens with one attached hydrogen (secondary N) is 1. The average Bonchev–Trinajstić information content (AvgIpc) is 3.07. The van der Waals surface area contributed by atoms with Gasteiger partial charge in [0.1, 0.15) is 17.3 Å². The number of hydrogen-bond acceptors (Lipinski definition) is 5. The molecule has 1 atom stereocenters. The summed E-state index contributed by atoms with van der Waals surface area (Å²) in [6.45, 7) is 7.66. The van der Waals surface area contributed by atoms with Crippen LogP contribution in [-0.4, -0.2) is 39.4 Å². The predicted molar refractivity (Wildman–Crippen MR) is 100 cm³/mol. The second kappa shape index (κ2) is 6.45. The number of hydrogen-bond donors (Lipinski definition) is 1. The van der Waals surface area contributed by atoms with E-state index in [0.717, 1.165) is 5.56 Å². The topological polar surface area (TPSA) is 76.0 Å². The van der Waals surface area contributed by atoms with Crippen molar-refractivity contribution in [2.24, 2.45) is 0 Å². The van der Waals surface area contributed by atoms with Gasteiger partial charge in [-0.2, -0.15) is 10.1 Å². The molecule has 1 saturated heterocycles. The van der Waals surface area contributed by atoms with E-state index >= 15 is 0 Å². The standard InChI is InChI=1S/C19H22FN5O2/c1-19(2,3)25-16-14(10-21-25)17(26)23-18(22-16)24-8-9-27-15(11-24)12-4-6-13(20)7-5-12/h4-7,10,15H,8-9,11H2,1-3H3,(H,22,23,26). The highest BCUT2D eigenvalue weighted by atomic mass is 19.1. The molecular formula is C19H22FN5O2. The quantitative estimate of drug-likeness (QED) is 0.749. The second-order valence-electron chi connectivity index (χ2n) is 7.71. The van der Waals surface area contributed by atoms with Gasteiger partial charge in [0, 0.05) is 6.54 Å². The molecule has 0 bridgehead atoms. The van der Waals surface area contributed by atoms with Crippen LogP contribution in [0.1, 0.15) is 32.4 Å². The number of rotatable bonds is 2. The van der Waals surface area contributed by atoms with E-state index in [1.54, 1.807) is 23.0 Å². The second-order valence-corrected chi connectivity index (χ2v) is 7.71. The van der Waals surface area contributed by atoms with Gasteiger partial charge in [-0.05, 0) is 38.5 Å². The van der Waals surface area contributed by atoms with Gasteiger partial charge < -0.3 is 9.64 Å². The number of aromatic amines is 1. The number of fused-ring (bicyclic) bond motifs is 1. The highest BCUT2D eigenvalue weighted by molar-refractivity contribution is 5.74. The third-order valence-corrected chi connectivity index (χ3v) is 4.67. The van der Waals surface area contributed by atoms with Crippen molar-refractivity contribution in [3.8, 4) is 0 Å². The van der Waals surface area contributed by atoms with Gasteiger partial charge in [-0.1, -0.05) is 12.1 Å². The molecule has 7 nitrogen and oxygen atoms in total. The number of ether oxygens (including phenoxy) is 1. The Balaban J connectivity index is 1.69. The van der Waals surface area contributed by atoms with Crippen molar-refractivity contribution in [2.75, 3.05) is 24.6 Å². The Morgan fingerprint density at radius 1 is 1.26 bits per heavy atom. The van der Waals surface area contributed by atoms with E-state index < -0.39 is 0 Å². The lowest BCUT2D eigenvalue weighted by molar-refractivity contribution is 0.0392. The number of anilines is 1. The zero-order chi connectivity index (χ0) is 19.2. The first-order valence-electron chi connectivity index (χ1n) is 8.93. The van der Waals surface area contributed by atoms with Crippen LogP contribution < -0.4 is 10.5 Å². The summed E-state index contributed by atoms with van der Waals surface area (Å²) >= 11 is 0. The molecule has 1 N–H and O–H groups in total. The molecule has 3 aromatic rings. The Labute approximate surface area is 155 Å². The van der Waals surface area contributed by atoms with Crippen molar-refractivity contribution in [3.05, 3.63) is 52.2 Å². The summed E-state index contributed by atoms with van der Waals surface area (Å²) in [5, 5.41) is 4.81. The number of benzene rings is 1. The molecular weight excluding hydrogens is 349 g/mol. The average molecular weight is 371 g/mol. The Bertz CT molecular complexity index is 1020. The summed E-state index contributed by atoms with van der Waals surface area (Å²) in [6.07, 6.45) is 1.34. The first-order valence-corrected chi connectivity index (χ1v) is 8.93. The van der Waals surface area contributed by atoms with Crippen LogP contribution in [0.4, 0.5) is 10.3 Å². The molecule has 1 aliphatic rings. The lowest BCUT2D eigenvalue weighted by atomic mass is 10.1. The molecule has 27 heavy (non-hydrogen) atoms. The van der Waals surface area contributed by atoms with E-state index in [1.165, 1.54) is 12.1 Å². The molecule has 1 unspecified atom stereocenters. The predicted octanol–water partition coefficient (Wildman–Crippen LogP) is 2.59. The molecule has 3 heterocycles. The maximum atomic E-state index is 13.2. The zero-order valence-electron chi connectivity index (χ0n) is 15.6. The molecule has 8 heteroatoms. The normalized spacial score (nSPS) is 18.2. The van der Waals surface area contributed by atoms with Crippen LogP contribution >= 0.6 is 0 Å². The van der Waals surface area contributed by atoms with Gasteiger partial charge in [0.15, 0.2) is 5.65 Å². The molecule has 0 spiro atoms. The molecule has 0 aliphatic carbocycles. The molecule has 4 rings (SSSR count). The Morgan fingerprint density at radius 3 is 2.70 bits per heavy atom. The third-order valence-electron chi connectivity index (χ3n) is 4.67. The van der Waals surface area contributed by atoms with Crippen molar-refractivity contribution in [3.63, 3.8) is 0 Å². The summed E-state index contributed by atoms with van der Waals surface area (Å²) < 4.78 is 20.8. The minimum absolute atomic E-state index is 0.213. The molecule has 1 aliphatic heterocycles. The molecule has 2 aromatic heterocycles. The fourth-order valence-electron chi connectivity index (χ4n) is 3.27. The number of aromatic nitrogens is 4. The third kappa shape index (κ3) is 3.32. The summed E-state index contributed by atoms with van der Waals surface area (Å²) in [5.41, 5.74) is 0.951. The summed E-state index contributed by atoms with van der Waals surface area (Å²) in [6, 6.07) is 6.28. The van der Waals surface area contributed by atoms with Gasteiger partial charge in [0.2, 0.25) is 5.95 Å². The molecule has 142 valence electrons. The van der Waals surface area contributed by atoms with Crippen LogP contribution in [0.25, 0.3) is 11.0 Å². The monoisotopic (exact) mass is 371 g/mol. The van der Waals surface area contributed by atoms with E-state index in [9.17, 15) is 9.18 Å². The van der Waals surface area contributed by atoms with Crippen molar-refractivity contribution in [1.29, 1.82) is 0 Å². The van der Waals surface area contributed by atoms with Crippen LogP contribution in [0.5, 0.6) is 0 Å². The molecule has 0 amide bonds. The maximum absolute atomic E-state index is 13.2. The first kappa shape index (κ1) is 17.7. The summed E-state index contributed by atoms with van der Waals surface area (Å²) in [4.78, 5) is 22.0. The van der Waals surface area contributed by atoms with E-state index in [2.05, 4.69) is 15.1 Å².